The summed E-state index contributed by atoms with van der Waals surface area (Å²) in [7, 11) is 0. The van der Waals surface area contributed by atoms with Gasteiger partial charge in [0, 0.05) is 15.6 Å². The predicted molar refractivity (Wildman–Crippen MR) is 97.7 cm³/mol. The summed E-state index contributed by atoms with van der Waals surface area (Å²) in [4.78, 5) is 23.8. The Morgan fingerprint density at radius 1 is 1.13 bits per heavy atom. The lowest BCUT2D eigenvalue weighted by Gasteiger charge is -2.15. The van der Waals surface area contributed by atoms with Crippen LogP contribution in [-0.4, -0.2) is 23.0 Å². The summed E-state index contributed by atoms with van der Waals surface area (Å²) >= 11 is 2.18. The number of rotatable bonds is 5. The van der Waals surface area contributed by atoms with Gasteiger partial charge in [-0.05, 0) is 66.3 Å². The average molecular weight is 423 g/mol. The first-order chi connectivity index (χ1) is 10.8. The maximum absolute atomic E-state index is 12.3. The van der Waals surface area contributed by atoms with Crippen LogP contribution in [0.1, 0.15) is 27.0 Å². The van der Waals surface area contributed by atoms with E-state index in [2.05, 4.69) is 27.9 Å². The Kier molecular flexibility index (Phi) is 5.76. The smallest absolute Gasteiger partial charge is 0.326 e. The number of hydrogen-bond acceptors (Lipinski definition) is 2. The summed E-state index contributed by atoms with van der Waals surface area (Å²) < 4.78 is 1.03. The first kappa shape index (κ1) is 17.5. The van der Waals surface area contributed by atoms with Gasteiger partial charge in [-0.15, -0.1) is 0 Å². The highest BCUT2D eigenvalue weighted by Crippen LogP contribution is 2.12. The molecule has 1 atom stereocenters. The van der Waals surface area contributed by atoms with Gasteiger partial charge in [-0.25, -0.2) is 4.79 Å². The van der Waals surface area contributed by atoms with Crippen molar-refractivity contribution < 1.29 is 14.7 Å². The molecule has 2 N–H and O–H groups in total. The minimum absolute atomic E-state index is 0.253. The fraction of sp³-hybridized carbons (Fsp3) is 0.222. The second kappa shape index (κ2) is 7.59. The maximum atomic E-state index is 12.3. The predicted octanol–water partition coefficient (Wildman–Crippen LogP) is 3.33. The number of amides is 1. The fourth-order valence-electron chi connectivity index (χ4n) is 2.45. The minimum atomic E-state index is -1.04. The van der Waals surface area contributed by atoms with E-state index in [0.29, 0.717) is 5.56 Å². The maximum Gasteiger partial charge on any atom is 0.326 e. The van der Waals surface area contributed by atoms with Crippen molar-refractivity contribution >= 4 is 34.5 Å². The first-order valence-electron chi connectivity index (χ1n) is 7.21. The van der Waals surface area contributed by atoms with Crippen LogP contribution in [0.5, 0.6) is 0 Å². The van der Waals surface area contributed by atoms with Crippen molar-refractivity contribution in [2.75, 3.05) is 0 Å². The average Bonchev–Trinajstić information content (AvgIpc) is 2.45. The number of benzene rings is 2. The molecule has 0 spiro atoms. The molecule has 0 saturated carbocycles. The second-order valence-electron chi connectivity index (χ2n) is 5.57. The van der Waals surface area contributed by atoms with Gasteiger partial charge in [0.2, 0.25) is 0 Å². The standard InChI is InChI=1S/C18H18INO3/c1-11-6-12(2)8-14(7-11)17(21)20-16(18(22)23)10-13-4-3-5-15(19)9-13/h3-9,16H,10H2,1-2H3,(H,20,21)(H,22,23)/t16-/m1/s1. The third-order valence-electron chi connectivity index (χ3n) is 3.42. The van der Waals surface area contributed by atoms with Gasteiger partial charge in [0.05, 0.1) is 0 Å². The number of aryl methyl sites for hydroxylation is 2. The van der Waals surface area contributed by atoms with E-state index in [1.165, 1.54) is 0 Å². The molecular formula is C18H18INO3. The molecule has 5 heteroatoms. The molecule has 0 heterocycles. The molecule has 0 aromatic heterocycles. The minimum Gasteiger partial charge on any atom is -0.480 e. The largest absolute Gasteiger partial charge is 0.480 e. The number of hydrogen-bond donors (Lipinski definition) is 2. The molecule has 0 aliphatic rings. The van der Waals surface area contributed by atoms with Gasteiger partial charge in [-0.3, -0.25) is 4.79 Å². The first-order valence-corrected chi connectivity index (χ1v) is 8.29. The Morgan fingerprint density at radius 3 is 2.35 bits per heavy atom. The van der Waals surface area contributed by atoms with E-state index >= 15 is 0 Å². The van der Waals surface area contributed by atoms with Crippen LogP contribution in [0, 0.1) is 17.4 Å². The monoisotopic (exact) mass is 423 g/mol. The Balaban J connectivity index is 2.15. The van der Waals surface area contributed by atoms with Crippen molar-refractivity contribution in [1.29, 1.82) is 0 Å². The number of carbonyl (C=O) groups is 2. The molecule has 0 saturated heterocycles. The lowest BCUT2D eigenvalue weighted by atomic mass is 10.0. The quantitative estimate of drug-likeness (QED) is 0.726. The van der Waals surface area contributed by atoms with Gasteiger partial charge in [0.25, 0.3) is 5.91 Å². The van der Waals surface area contributed by atoms with Gasteiger partial charge >= 0.3 is 5.97 Å². The zero-order chi connectivity index (χ0) is 17.0. The van der Waals surface area contributed by atoms with E-state index in [4.69, 9.17) is 0 Å². The summed E-state index contributed by atoms with van der Waals surface area (Å²) in [6.07, 6.45) is 0.253. The lowest BCUT2D eigenvalue weighted by molar-refractivity contribution is -0.139. The number of carbonyl (C=O) groups excluding carboxylic acids is 1. The zero-order valence-electron chi connectivity index (χ0n) is 13.0. The molecule has 1 amide bonds. The Labute approximate surface area is 149 Å². The number of aliphatic carboxylic acids is 1. The molecule has 0 unspecified atom stereocenters. The van der Waals surface area contributed by atoms with E-state index in [0.717, 1.165) is 20.3 Å². The van der Waals surface area contributed by atoms with Gasteiger partial charge < -0.3 is 10.4 Å². The van der Waals surface area contributed by atoms with Crippen LogP contribution >= 0.6 is 22.6 Å². The van der Waals surface area contributed by atoms with E-state index in [1.807, 2.05) is 44.2 Å². The Hall–Kier alpha value is -1.89. The van der Waals surface area contributed by atoms with E-state index in [1.54, 1.807) is 12.1 Å². The topological polar surface area (TPSA) is 66.4 Å². The fourth-order valence-corrected chi connectivity index (χ4v) is 3.05. The molecule has 0 aliphatic carbocycles. The summed E-state index contributed by atoms with van der Waals surface area (Å²) in [6, 6.07) is 12.1. The van der Waals surface area contributed by atoms with Crippen LogP contribution in [0.4, 0.5) is 0 Å². The Morgan fingerprint density at radius 2 is 1.78 bits per heavy atom. The number of nitrogens with one attached hydrogen (secondary N) is 1. The number of carboxylic acids is 1. The van der Waals surface area contributed by atoms with E-state index < -0.39 is 12.0 Å². The molecule has 23 heavy (non-hydrogen) atoms. The van der Waals surface area contributed by atoms with Crippen LogP contribution < -0.4 is 5.32 Å². The van der Waals surface area contributed by atoms with Gasteiger partial charge in [-0.1, -0.05) is 29.3 Å². The lowest BCUT2D eigenvalue weighted by Crippen LogP contribution is -2.42. The van der Waals surface area contributed by atoms with Crippen molar-refractivity contribution in [3.05, 3.63) is 68.3 Å². The number of carboxylic acid groups (broad SMARTS) is 1. The molecule has 4 nitrogen and oxygen atoms in total. The van der Waals surface area contributed by atoms with E-state index in [9.17, 15) is 14.7 Å². The molecule has 0 bridgehead atoms. The molecule has 2 rings (SSSR count). The molecule has 0 aliphatic heterocycles. The normalized spacial score (nSPS) is 11.8. The van der Waals surface area contributed by atoms with Crippen LogP contribution in [0.3, 0.4) is 0 Å². The van der Waals surface area contributed by atoms with Crippen molar-refractivity contribution in [2.45, 2.75) is 26.3 Å². The van der Waals surface area contributed by atoms with Crippen LogP contribution in [0.15, 0.2) is 42.5 Å². The molecular weight excluding hydrogens is 405 g/mol. The van der Waals surface area contributed by atoms with Crippen molar-refractivity contribution in [3.63, 3.8) is 0 Å². The zero-order valence-corrected chi connectivity index (χ0v) is 15.1. The molecule has 120 valence electrons. The number of halogens is 1. The molecule has 0 fully saturated rings. The highest BCUT2D eigenvalue weighted by Gasteiger charge is 2.21. The van der Waals surface area contributed by atoms with E-state index in [-0.39, 0.29) is 12.3 Å². The van der Waals surface area contributed by atoms with Gasteiger partial charge in [-0.2, -0.15) is 0 Å². The summed E-state index contributed by atoms with van der Waals surface area (Å²) in [6.45, 7) is 3.81. The van der Waals surface area contributed by atoms with Crippen LogP contribution in [0.25, 0.3) is 0 Å². The Bertz CT molecular complexity index is 723. The molecule has 2 aromatic carbocycles. The SMILES string of the molecule is Cc1cc(C)cc(C(=O)N[C@H](Cc2cccc(I)c2)C(=O)O)c1. The third kappa shape index (κ3) is 5.06. The summed E-state index contributed by atoms with van der Waals surface area (Å²) in [5.41, 5.74) is 3.31. The summed E-state index contributed by atoms with van der Waals surface area (Å²) in [5, 5.41) is 12.0. The van der Waals surface area contributed by atoms with Crippen molar-refractivity contribution in [3.8, 4) is 0 Å². The molecule has 2 aromatic rings. The third-order valence-corrected chi connectivity index (χ3v) is 4.09. The van der Waals surface area contributed by atoms with Gasteiger partial charge in [0.15, 0.2) is 0 Å². The summed E-state index contributed by atoms with van der Waals surface area (Å²) in [5.74, 6) is -1.41. The van der Waals surface area contributed by atoms with Crippen molar-refractivity contribution in [2.24, 2.45) is 0 Å². The van der Waals surface area contributed by atoms with Crippen LogP contribution in [0.2, 0.25) is 0 Å². The highest BCUT2D eigenvalue weighted by molar-refractivity contribution is 14.1. The van der Waals surface area contributed by atoms with Crippen LogP contribution in [-0.2, 0) is 11.2 Å². The van der Waals surface area contributed by atoms with Crippen molar-refractivity contribution in [1.82, 2.24) is 5.32 Å². The highest BCUT2D eigenvalue weighted by atomic mass is 127. The van der Waals surface area contributed by atoms with Gasteiger partial charge in [0.1, 0.15) is 6.04 Å². The second-order valence-corrected chi connectivity index (χ2v) is 6.82. The molecule has 0 radical (unpaired) electrons.